The van der Waals surface area contributed by atoms with Crippen LogP contribution in [-0.4, -0.2) is 45.7 Å². The summed E-state index contributed by atoms with van der Waals surface area (Å²) in [7, 11) is 0. The van der Waals surface area contributed by atoms with Crippen LogP contribution < -0.4 is 0 Å². The Hall–Kier alpha value is -1.30. The van der Waals surface area contributed by atoms with Crippen LogP contribution in [0.25, 0.3) is 0 Å². The van der Waals surface area contributed by atoms with Gasteiger partial charge < -0.3 is 14.9 Å². The number of aliphatic hydroxyl groups excluding tert-OH is 2. The fourth-order valence-electron chi connectivity index (χ4n) is 6.92. The number of carbonyl (C=O) groups excluding carboxylic acids is 2. The molecule has 1 spiro atoms. The summed E-state index contributed by atoms with van der Waals surface area (Å²) in [6.45, 7) is 1.64. The van der Waals surface area contributed by atoms with E-state index in [4.69, 9.17) is 4.74 Å². The molecule has 0 aromatic carbocycles. The van der Waals surface area contributed by atoms with Crippen LogP contribution in [0.5, 0.6) is 0 Å². The van der Waals surface area contributed by atoms with E-state index < -0.39 is 23.9 Å². The maximum absolute atomic E-state index is 12.3. The Balaban J connectivity index is 1.53. The fourth-order valence-corrected chi connectivity index (χ4v) is 6.92. The summed E-state index contributed by atoms with van der Waals surface area (Å²) < 4.78 is 6.03. The number of Topliss-reactive ketones (excluding diaryl/α,β-unsaturated/α-hetero) is 1. The fraction of sp³-hybridized carbons (Fsp3) is 0.700. The van der Waals surface area contributed by atoms with Gasteiger partial charge in [-0.25, -0.2) is 0 Å². The molecule has 1 saturated heterocycles. The summed E-state index contributed by atoms with van der Waals surface area (Å²) >= 11 is 0. The Bertz CT molecular complexity index is 738. The van der Waals surface area contributed by atoms with Gasteiger partial charge in [0, 0.05) is 17.8 Å². The molecule has 5 rings (SSSR count). The van der Waals surface area contributed by atoms with Gasteiger partial charge in [0.05, 0.1) is 6.10 Å². The lowest BCUT2D eigenvalue weighted by molar-refractivity contribution is -0.127. The van der Waals surface area contributed by atoms with Crippen molar-refractivity contribution in [1.29, 1.82) is 0 Å². The molecule has 0 aromatic heterocycles. The Morgan fingerprint density at radius 3 is 2.96 bits per heavy atom. The molecule has 0 aromatic rings. The highest BCUT2D eigenvalue weighted by molar-refractivity contribution is 6.01. The molecule has 1 unspecified atom stereocenters. The van der Waals surface area contributed by atoms with Crippen molar-refractivity contribution >= 4 is 11.6 Å². The topological polar surface area (TPSA) is 87.1 Å². The van der Waals surface area contributed by atoms with Gasteiger partial charge in [-0.3, -0.25) is 9.59 Å². The summed E-state index contributed by atoms with van der Waals surface area (Å²) in [5.41, 5.74) is -0.588. The van der Waals surface area contributed by atoms with Crippen LogP contribution in [0.3, 0.4) is 0 Å². The first-order valence-electron chi connectivity index (χ1n) is 9.35. The van der Waals surface area contributed by atoms with Gasteiger partial charge in [0.2, 0.25) is 0 Å². The van der Waals surface area contributed by atoms with Gasteiger partial charge in [-0.2, -0.15) is 0 Å². The highest BCUT2D eigenvalue weighted by Crippen LogP contribution is 2.73. The van der Waals surface area contributed by atoms with Gasteiger partial charge in [0.1, 0.15) is 12.2 Å². The molecule has 7 atom stereocenters. The summed E-state index contributed by atoms with van der Waals surface area (Å²) in [6, 6.07) is 0. The molecule has 3 saturated carbocycles. The second-order valence-corrected chi connectivity index (χ2v) is 8.73. The number of hydrogen-bond acceptors (Lipinski definition) is 5. The van der Waals surface area contributed by atoms with Crippen LogP contribution in [0.2, 0.25) is 0 Å². The third-order valence-corrected chi connectivity index (χ3v) is 7.95. The van der Waals surface area contributed by atoms with Gasteiger partial charge in [0.15, 0.2) is 17.2 Å². The predicted octanol–water partition coefficient (Wildman–Crippen LogP) is 1.33. The monoisotopic (exact) mass is 344 g/mol. The Morgan fingerprint density at radius 1 is 1.40 bits per heavy atom. The number of hydrogen-bond donors (Lipinski definition) is 2. The summed E-state index contributed by atoms with van der Waals surface area (Å²) in [6.07, 6.45) is 8.58. The number of allylic oxidation sites excluding steroid dienone is 4. The lowest BCUT2D eigenvalue weighted by Gasteiger charge is -2.55. The van der Waals surface area contributed by atoms with Gasteiger partial charge in [-0.15, -0.1) is 0 Å². The maximum atomic E-state index is 12.3. The van der Waals surface area contributed by atoms with E-state index in [1.807, 2.05) is 6.08 Å². The summed E-state index contributed by atoms with van der Waals surface area (Å²) in [4.78, 5) is 24.1. The number of epoxide rings is 1. The molecule has 1 heterocycles. The molecule has 134 valence electrons. The van der Waals surface area contributed by atoms with Gasteiger partial charge in [-0.05, 0) is 49.7 Å². The third-order valence-electron chi connectivity index (χ3n) is 7.95. The smallest absolute Gasteiger partial charge is 0.192 e. The first-order chi connectivity index (χ1) is 11.9. The minimum absolute atomic E-state index is 0.0339. The number of rotatable bonds is 2. The maximum Gasteiger partial charge on any atom is 0.192 e. The van der Waals surface area contributed by atoms with E-state index in [0.717, 1.165) is 24.8 Å². The molecule has 0 amide bonds. The van der Waals surface area contributed by atoms with E-state index >= 15 is 0 Å². The predicted molar refractivity (Wildman–Crippen MR) is 88.5 cm³/mol. The average molecular weight is 344 g/mol. The lowest BCUT2D eigenvalue weighted by Crippen LogP contribution is -2.56. The first kappa shape index (κ1) is 15.9. The Morgan fingerprint density at radius 2 is 2.20 bits per heavy atom. The second kappa shape index (κ2) is 4.70. The van der Waals surface area contributed by atoms with Crippen molar-refractivity contribution in [2.24, 2.45) is 23.2 Å². The molecule has 5 nitrogen and oxygen atoms in total. The number of ketones is 2. The number of ether oxygens (including phenoxy) is 1. The molecule has 2 N–H and O–H groups in total. The molecule has 4 aliphatic carbocycles. The quantitative estimate of drug-likeness (QED) is 0.738. The zero-order valence-corrected chi connectivity index (χ0v) is 14.4. The van der Waals surface area contributed by atoms with Crippen molar-refractivity contribution in [3.63, 3.8) is 0 Å². The third kappa shape index (κ3) is 1.70. The molecule has 25 heavy (non-hydrogen) atoms. The van der Waals surface area contributed by atoms with Gasteiger partial charge in [-0.1, -0.05) is 18.6 Å². The van der Waals surface area contributed by atoms with Crippen molar-refractivity contribution in [2.75, 3.05) is 6.61 Å². The molecule has 5 heteroatoms. The average Bonchev–Trinajstić information content (AvgIpc) is 3.11. The van der Waals surface area contributed by atoms with E-state index in [2.05, 4.69) is 6.92 Å². The van der Waals surface area contributed by atoms with Crippen LogP contribution >= 0.6 is 0 Å². The van der Waals surface area contributed by atoms with Crippen LogP contribution in [0, 0.1) is 23.2 Å². The zero-order valence-electron chi connectivity index (χ0n) is 14.4. The van der Waals surface area contributed by atoms with E-state index in [0.29, 0.717) is 12.8 Å². The van der Waals surface area contributed by atoms with Crippen LogP contribution in [0.4, 0.5) is 0 Å². The minimum atomic E-state index is -0.853. The highest BCUT2D eigenvalue weighted by Gasteiger charge is 2.83. The number of carbonyl (C=O) groups is 2. The van der Waals surface area contributed by atoms with Crippen molar-refractivity contribution in [3.8, 4) is 0 Å². The van der Waals surface area contributed by atoms with Gasteiger partial charge in [0.25, 0.3) is 0 Å². The van der Waals surface area contributed by atoms with Gasteiger partial charge >= 0.3 is 0 Å². The van der Waals surface area contributed by atoms with E-state index in [9.17, 15) is 19.8 Å². The van der Waals surface area contributed by atoms with Crippen LogP contribution in [-0.2, 0) is 14.3 Å². The molecule has 5 aliphatic rings. The Kier molecular flexibility index (Phi) is 2.99. The van der Waals surface area contributed by atoms with E-state index in [1.165, 1.54) is 0 Å². The summed E-state index contributed by atoms with van der Waals surface area (Å²) in [5, 5.41) is 20.4. The molecular weight excluding hydrogens is 320 g/mol. The molecule has 0 radical (unpaired) electrons. The SMILES string of the molecule is C[C@]12C=CC(=O)C=C1CC[C@@H]1C2[C@@H](O)C[C@]23O[C@]2(C(=O)CO)CC[C@@H]13. The molecule has 0 bridgehead atoms. The lowest BCUT2D eigenvalue weighted by atomic mass is 9.49. The largest absolute Gasteiger partial charge is 0.393 e. The van der Waals surface area contributed by atoms with Crippen molar-refractivity contribution < 1.29 is 24.5 Å². The van der Waals surface area contributed by atoms with Crippen LogP contribution in [0.1, 0.15) is 39.0 Å². The van der Waals surface area contributed by atoms with E-state index in [-0.39, 0.29) is 34.7 Å². The van der Waals surface area contributed by atoms with E-state index in [1.54, 1.807) is 12.2 Å². The molecular formula is C20H24O5. The standard InChI is InChI=1S/C20H24O5/c1-18-6-4-12(22)8-11(18)2-3-13-14-5-7-19(16(24)10-21)20(14,25-19)9-15(23)17(13)18/h4,6,8,13-15,17,21,23H,2-3,5,7,9-10H2,1H3/t13-,14-,15-,17?,18-,19-,20+/m0/s1. The molecule has 1 aliphatic heterocycles. The number of aliphatic hydroxyl groups is 2. The van der Waals surface area contributed by atoms with Crippen molar-refractivity contribution in [3.05, 3.63) is 23.8 Å². The van der Waals surface area contributed by atoms with Crippen molar-refractivity contribution in [1.82, 2.24) is 0 Å². The Labute approximate surface area is 146 Å². The minimum Gasteiger partial charge on any atom is -0.393 e. The first-order valence-corrected chi connectivity index (χ1v) is 9.35. The van der Waals surface area contributed by atoms with Crippen molar-refractivity contribution in [2.45, 2.75) is 56.3 Å². The zero-order chi connectivity index (χ0) is 17.6. The normalized spacial score (nSPS) is 52.6. The second-order valence-electron chi connectivity index (χ2n) is 8.73. The molecule has 4 fully saturated rings. The number of fused-ring (bicyclic) bond motifs is 4. The van der Waals surface area contributed by atoms with Crippen LogP contribution in [0.15, 0.2) is 23.8 Å². The highest BCUT2D eigenvalue weighted by atomic mass is 16.6. The summed E-state index contributed by atoms with van der Waals surface area (Å²) in [5.74, 6) is 0.384.